The van der Waals surface area contributed by atoms with E-state index in [4.69, 9.17) is 9.47 Å². The number of ketones is 1. The van der Waals surface area contributed by atoms with Gasteiger partial charge in [-0.1, -0.05) is 20.8 Å². The highest BCUT2D eigenvalue weighted by Gasteiger charge is 2.21. The molecule has 0 spiro atoms. The molecule has 1 aromatic carbocycles. The van der Waals surface area contributed by atoms with E-state index in [1.165, 1.54) is 11.3 Å². The molecule has 0 fully saturated rings. The Labute approximate surface area is 175 Å². The molecule has 29 heavy (non-hydrogen) atoms. The van der Waals surface area contributed by atoms with Crippen LogP contribution in [0.4, 0.5) is 0 Å². The Morgan fingerprint density at radius 3 is 2.28 bits per heavy atom. The Kier molecular flexibility index (Phi) is 7.56. The quantitative estimate of drug-likeness (QED) is 0.513. The summed E-state index contributed by atoms with van der Waals surface area (Å²) >= 11 is 1.28. The second kappa shape index (κ2) is 9.69. The predicted octanol–water partition coefficient (Wildman–Crippen LogP) is 4.24. The van der Waals surface area contributed by atoms with Gasteiger partial charge in [0.2, 0.25) is 11.7 Å². The molecule has 0 radical (unpaired) electrons. The van der Waals surface area contributed by atoms with E-state index in [0.717, 1.165) is 4.88 Å². The van der Waals surface area contributed by atoms with Gasteiger partial charge in [-0.15, -0.1) is 11.3 Å². The molecule has 0 aliphatic heterocycles. The molecule has 6 nitrogen and oxygen atoms in total. The molecule has 0 saturated carbocycles. The molecular weight excluding hydrogens is 390 g/mol. The van der Waals surface area contributed by atoms with Crippen molar-refractivity contribution in [1.82, 2.24) is 5.32 Å². The molecule has 0 aliphatic rings. The van der Waals surface area contributed by atoms with Crippen molar-refractivity contribution in [3.8, 4) is 5.75 Å². The van der Waals surface area contributed by atoms with E-state index in [1.807, 2.05) is 34.6 Å². The summed E-state index contributed by atoms with van der Waals surface area (Å²) in [5, 5.41) is 2.84. The van der Waals surface area contributed by atoms with Gasteiger partial charge in [0.25, 0.3) is 0 Å². The molecule has 1 aromatic heterocycles. The lowest BCUT2D eigenvalue weighted by molar-refractivity contribution is -0.128. The van der Waals surface area contributed by atoms with Gasteiger partial charge in [-0.2, -0.15) is 0 Å². The molecule has 1 amide bonds. The van der Waals surface area contributed by atoms with E-state index in [1.54, 1.807) is 36.4 Å². The third-order valence-corrected chi connectivity index (χ3v) is 4.96. The average molecular weight is 418 g/mol. The molecule has 0 atom stereocenters. The molecule has 0 unspecified atom stereocenters. The third kappa shape index (κ3) is 7.02. The van der Waals surface area contributed by atoms with E-state index < -0.39 is 11.4 Å². The Bertz CT molecular complexity index is 862. The number of hydrogen-bond acceptors (Lipinski definition) is 6. The monoisotopic (exact) mass is 417 g/mol. The van der Waals surface area contributed by atoms with Crippen LogP contribution in [0.1, 0.15) is 59.5 Å². The van der Waals surface area contributed by atoms with E-state index in [0.29, 0.717) is 22.7 Å². The van der Waals surface area contributed by atoms with Gasteiger partial charge in [-0.25, -0.2) is 4.79 Å². The van der Waals surface area contributed by atoms with Gasteiger partial charge in [0.05, 0.1) is 23.1 Å². The number of Topliss-reactive ketones (excluding diaryl/α,β-unsaturated/α-hetero) is 1. The number of hydrogen-bond donors (Lipinski definition) is 1. The van der Waals surface area contributed by atoms with E-state index in [9.17, 15) is 14.4 Å². The number of ether oxygens (including phenoxy) is 2. The average Bonchev–Trinajstić information content (AvgIpc) is 3.12. The number of esters is 1. The highest BCUT2D eigenvalue weighted by Crippen LogP contribution is 2.19. The van der Waals surface area contributed by atoms with Crippen molar-refractivity contribution in [3.05, 3.63) is 51.7 Å². The maximum Gasteiger partial charge on any atom is 0.338 e. The molecule has 0 saturated heterocycles. The molecule has 7 heteroatoms. The van der Waals surface area contributed by atoms with Crippen molar-refractivity contribution in [3.63, 3.8) is 0 Å². The van der Waals surface area contributed by atoms with Gasteiger partial charge in [-0.3, -0.25) is 9.59 Å². The standard InChI is InChI=1S/C22H27NO5S/c1-14(2)28-16-8-6-15(7-9-16)20(25)27-13-18(24)19-11-10-17(29-19)12-23-21(26)22(3,4)5/h6-11,14H,12-13H2,1-5H3,(H,23,26). The van der Waals surface area contributed by atoms with Crippen LogP contribution in [0, 0.1) is 5.41 Å². The highest BCUT2D eigenvalue weighted by molar-refractivity contribution is 7.14. The summed E-state index contributed by atoms with van der Waals surface area (Å²) in [5.74, 6) is -0.241. The molecular formula is C22H27NO5S. The number of thiophene rings is 1. The van der Waals surface area contributed by atoms with E-state index in [2.05, 4.69) is 5.32 Å². The molecule has 1 N–H and O–H groups in total. The van der Waals surface area contributed by atoms with Gasteiger partial charge in [0.15, 0.2) is 6.61 Å². The van der Waals surface area contributed by atoms with Crippen LogP contribution in [-0.4, -0.2) is 30.4 Å². The van der Waals surface area contributed by atoms with E-state index >= 15 is 0 Å². The second-order valence-corrected chi connectivity index (χ2v) is 9.06. The van der Waals surface area contributed by atoms with Crippen molar-refractivity contribution in [2.24, 2.45) is 5.41 Å². The number of carbonyl (C=O) groups excluding carboxylic acids is 3. The highest BCUT2D eigenvalue weighted by atomic mass is 32.1. The van der Waals surface area contributed by atoms with Gasteiger partial charge >= 0.3 is 5.97 Å². The van der Waals surface area contributed by atoms with Crippen LogP contribution in [-0.2, 0) is 16.1 Å². The fourth-order valence-corrected chi connectivity index (χ4v) is 3.15. The third-order valence-electron chi connectivity index (χ3n) is 3.84. The van der Waals surface area contributed by atoms with Crippen LogP contribution < -0.4 is 10.1 Å². The van der Waals surface area contributed by atoms with Gasteiger partial charge in [0.1, 0.15) is 5.75 Å². The minimum atomic E-state index is -0.566. The first-order valence-electron chi connectivity index (χ1n) is 9.40. The lowest BCUT2D eigenvalue weighted by atomic mass is 9.96. The number of rotatable bonds is 8. The predicted molar refractivity (Wildman–Crippen MR) is 112 cm³/mol. The Hall–Kier alpha value is -2.67. The summed E-state index contributed by atoms with van der Waals surface area (Å²) in [7, 11) is 0. The zero-order valence-electron chi connectivity index (χ0n) is 17.4. The summed E-state index contributed by atoms with van der Waals surface area (Å²) in [5.41, 5.74) is -0.117. The van der Waals surface area contributed by atoms with Crippen LogP contribution in [0.25, 0.3) is 0 Å². The molecule has 0 bridgehead atoms. The zero-order chi connectivity index (χ0) is 21.6. The Morgan fingerprint density at radius 1 is 1.03 bits per heavy atom. The topological polar surface area (TPSA) is 81.7 Å². The molecule has 0 aliphatic carbocycles. The first kappa shape index (κ1) is 22.6. The number of nitrogens with one attached hydrogen (secondary N) is 1. The van der Waals surface area contributed by atoms with Crippen molar-refractivity contribution in [2.45, 2.75) is 47.3 Å². The number of benzene rings is 1. The normalized spacial score (nSPS) is 11.2. The zero-order valence-corrected chi connectivity index (χ0v) is 18.2. The van der Waals surface area contributed by atoms with Gasteiger partial charge < -0.3 is 14.8 Å². The smallest absolute Gasteiger partial charge is 0.338 e. The molecule has 1 heterocycles. The van der Waals surface area contributed by atoms with Gasteiger partial charge in [0, 0.05) is 10.3 Å². The number of amides is 1. The summed E-state index contributed by atoms with van der Waals surface area (Å²) in [6.45, 7) is 9.38. The van der Waals surface area contributed by atoms with Crippen molar-refractivity contribution in [1.29, 1.82) is 0 Å². The fourth-order valence-electron chi connectivity index (χ4n) is 2.28. The maximum absolute atomic E-state index is 12.3. The lowest BCUT2D eigenvalue weighted by Gasteiger charge is -2.17. The second-order valence-electron chi connectivity index (χ2n) is 7.89. The SMILES string of the molecule is CC(C)Oc1ccc(C(=O)OCC(=O)c2ccc(CNC(=O)C(C)(C)C)s2)cc1. The maximum atomic E-state index is 12.3. The fraction of sp³-hybridized carbons (Fsp3) is 0.409. The number of carbonyl (C=O) groups is 3. The lowest BCUT2D eigenvalue weighted by Crippen LogP contribution is -2.34. The van der Waals surface area contributed by atoms with Crippen LogP contribution in [0.5, 0.6) is 5.75 Å². The summed E-state index contributed by atoms with van der Waals surface area (Å²) in [6, 6.07) is 10.1. The minimum absolute atomic E-state index is 0.0443. The van der Waals surface area contributed by atoms with Crippen LogP contribution in [0.15, 0.2) is 36.4 Å². The minimum Gasteiger partial charge on any atom is -0.491 e. The first-order chi connectivity index (χ1) is 13.6. The van der Waals surface area contributed by atoms with Crippen molar-refractivity contribution < 1.29 is 23.9 Å². The summed E-state index contributed by atoms with van der Waals surface area (Å²) in [4.78, 5) is 37.7. The Morgan fingerprint density at radius 2 is 1.69 bits per heavy atom. The molecule has 2 aromatic rings. The summed E-state index contributed by atoms with van der Waals surface area (Å²) < 4.78 is 10.7. The van der Waals surface area contributed by atoms with E-state index in [-0.39, 0.29) is 24.4 Å². The largest absolute Gasteiger partial charge is 0.491 e. The first-order valence-corrected chi connectivity index (χ1v) is 10.2. The molecule has 2 rings (SSSR count). The molecule has 156 valence electrons. The van der Waals surface area contributed by atoms with Crippen LogP contribution >= 0.6 is 11.3 Å². The van der Waals surface area contributed by atoms with Gasteiger partial charge in [-0.05, 0) is 50.2 Å². The summed E-state index contributed by atoms with van der Waals surface area (Å²) in [6.07, 6.45) is 0.0443. The van der Waals surface area contributed by atoms with Crippen molar-refractivity contribution >= 4 is 29.0 Å². The van der Waals surface area contributed by atoms with Crippen LogP contribution in [0.2, 0.25) is 0 Å². The Balaban J connectivity index is 1.85. The van der Waals surface area contributed by atoms with Crippen LogP contribution in [0.3, 0.4) is 0 Å². The van der Waals surface area contributed by atoms with Crippen molar-refractivity contribution in [2.75, 3.05) is 6.61 Å².